The zero-order chi connectivity index (χ0) is 37.6. The molecule has 0 amide bonds. The van der Waals surface area contributed by atoms with Crippen LogP contribution in [-0.4, -0.2) is 20.5 Å². The third kappa shape index (κ3) is 6.06. The van der Waals surface area contributed by atoms with Gasteiger partial charge in [0, 0.05) is 43.9 Å². The van der Waals surface area contributed by atoms with Gasteiger partial charge in [-0.2, -0.15) is 35.3 Å². The molecule has 0 atom stereocenters. The average molecular weight is 919 g/mol. The fourth-order valence-electron chi connectivity index (χ4n) is 8.40. The van der Waals surface area contributed by atoms with E-state index >= 15 is 0 Å². The summed E-state index contributed by atoms with van der Waals surface area (Å²) in [6.07, 6.45) is 1.91. The van der Waals surface area contributed by atoms with Crippen molar-refractivity contribution in [3.63, 3.8) is 0 Å². The quantitative estimate of drug-likeness (QED) is 0.0866. The molecular formula is C51H39N4OPt-. The summed E-state index contributed by atoms with van der Waals surface area (Å²) in [5, 5.41) is 6.37. The minimum Gasteiger partial charge on any atom is -0.319 e. The molecule has 0 saturated carbocycles. The molecule has 0 spiro atoms. The van der Waals surface area contributed by atoms with Crippen LogP contribution in [0.2, 0.25) is 0 Å². The Morgan fingerprint density at radius 1 is 0.561 bits per heavy atom. The number of fused-ring (bicyclic) bond motifs is 4. The molecule has 1 aliphatic rings. The summed E-state index contributed by atoms with van der Waals surface area (Å²) in [6, 6.07) is 72.4. The van der Waals surface area contributed by atoms with Gasteiger partial charge in [-0.05, 0) is 71.8 Å². The predicted octanol–water partition coefficient (Wildman–Crippen LogP) is 12.0. The second-order valence-corrected chi connectivity index (χ2v) is 14.5. The third-order valence-corrected chi connectivity index (χ3v) is 10.9. The Bertz CT molecular complexity index is 2800. The van der Waals surface area contributed by atoms with Crippen LogP contribution in [0.15, 0.2) is 188 Å². The summed E-state index contributed by atoms with van der Waals surface area (Å²) in [5.41, 5.74) is 10.7. The van der Waals surface area contributed by atoms with E-state index in [0.717, 1.165) is 78.1 Å². The summed E-state index contributed by atoms with van der Waals surface area (Å²) in [6.45, 7) is 4.33. The molecule has 57 heavy (non-hydrogen) atoms. The smallest absolute Gasteiger partial charge is 0.145 e. The number of hydrogen-bond donors (Lipinski definition) is 0. The van der Waals surface area contributed by atoms with Crippen molar-refractivity contribution in [1.29, 1.82) is 0 Å². The Hall–Kier alpha value is -6.26. The number of aromatic nitrogens is 2. The van der Waals surface area contributed by atoms with Gasteiger partial charge in [0.2, 0.25) is 0 Å². The zero-order valence-corrected chi connectivity index (χ0v) is 33.8. The van der Waals surface area contributed by atoms with Crippen molar-refractivity contribution in [2.24, 2.45) is 0 Å². The molecule has 3 heterocycles. The number of pyridine rings is 1. The first kappa shape index (κ1) is 36.4. The molecule has 0 unspecified atom stereocenters. The summed E-state index contributed by atoms with van der Waals surface area (Å²) in [5.74, 6) is 0.841. The maximum atomic E-state index is 5.12. The maximum absolute atomic E-state index is 5.12. The van der Waals surface area contributed by atoms with E-state index in [0.29, 0.717) is 0 Å². The van der Waals surface area contributed by atoms with Crippen LogP contribution in [0.1, 0.15) is 36.1 Å². The molecule has 0 bridgehead atoms. The van der Waals surface area contributed by atoms with Gasteiger partial charge in [0.25, 0.3) is 0 Å². The third-order valence-electron chi connectivity index (χ3n) is 10.9. The SMILES string of the molecule is CC(C)N1[OH+]N(c2[c-]c(C(c3[c-]c4c(cc3)c3ccccc3n4-c3cc(-c4ccccc4)ccn3)(c3ccccc3)c3ccccc3)ccc2)c2ccccc21.[Pt]. The van der Waals surface area contributed by atoms with Crippen LogP contribution < -0.4 is 10.1 Å². The van der Waals surface area contributed by atoms with E-state index in [1.54, 1.807) is 0 Å². The van der Waals surface area contributed by atoms with Crippen LogP contribution in [0.4, 0.5) is 17.1 Å². The van der Waals surface area contributed by atoms with E-state index < -0.39 is 5.41 Å². The molecule has 1 aliphatic heterocycles. The Balaban J connectivity index is 0.00000422. The van der Waals surface area contributed by atoms with Crippen molar-refractivity contribution in [2.75, 3.05) is 10.1 Å². The molecule has 0 aliphatic carbocycles. The number of rotatable bonds is 8. The molecule has 2 aromatic heterocycles. The fourth-order valence-corrected chi connectivity index (χ4v) is 8.40. The van der Waals surface area contributed by atoms with Gasteiger partial charge >= 0.3 is 0 Å². The molecule has 0 radical (unpaired) electrons. The van der Waals surface area contributed by atoms with E-state index in [9.17, 15) is 0 Å². The molecule has 6 heteroatoms. The molecule has 10 rings (SSSR count). The van der Waals surface area contributed by atoms with Gasteiger partial charge in [-0.15, -0.1) is 38.8 Å². The molecule has 7 aromatic carbocycles. The van der Waals surface area contributed by atoms with Gasteiger partial charge in [0.05, 0.1) is 6.04 Å². The van der Waals surface area contributed by atoms with Gasteiger partial charge in [-0.3, -0.25) is 0 Å². The second-order valence-electron chi connectivity index (χ2n) is 14.5. The van der Waals surface area contributed by atoms with E-state index in [1.165, 1.54) is 0 Å². The van der Waals surface area contributed by atoms with Crippen LogP contribution in [0, 0.1) is 12.1 Å². The second kappa shape index (κ2) is 15.0. The fraction of sp³-hybridized carbons (Fsp3) is 0.0784. The van der Waals surface area contributed by atoms with E-state index in [-0.39, 0.29) is 27.1 Å². The van der Waals surface area contributed by atoms with Crippen LogP contribution in [-0.2, 0) is 26.5 Å². The molecular weight excluding hydrogens is 880 g/mol. The molecule has 0 saturated heterocycles. The molecule has 9 aromatic rings. The van der Waals surface area contributed by atoms with Gasteiger partial charge in [0.1, 0.15) is 17.2 Å². The number of hydroxylamine groups is 1. The van der Waals surface area contributed by atoms with Gasteiger partial charge < -0.3 is 4.57 Å². The largest absolute Gasteiger partial charge is 0.319 e. The summed E-state index contributed by atoms with van der Waals surface area (Å²) in [7, 11) is 0. The van der Waals surface area contributed by atoms with Crippen molar-refractivity contribution in [2.45, 2.75) is 25.3 Å². The number of benzene rings is 7. The standard InChI is InChI=1S/C51H38N4O.Pt/c1-36(2)54-47-27-14-15-28-48(47)55(56-54)43-24-16-23-41(34-43)51(39-19-8-4-9-20-39,40-21-10-5-11-22-40)42-29-30-45-44-25-12-13-26-46(44)53(49(45)35-42)50-33-38(31-32-52-50)37-17-6-3-7-18-37;/h3-33,36H,1-2H3;/q-2;/p+1. The van der Waals surface area contributed by atoms with E-state index in [2.05, 4.69) is 212 Å². The first-order chi connectivity index (χ1) is 27.6. The van der Waals surface area contributed by atoms with E-state index in [4.69, 9.17) is 9.92 Å². The van der Waals surface area contributed by atoms with Crippen molar-refractivity contribution in [3.8, 4) is 16.9 Å². The van der Waals surface area contributed by atoms with E-state index in [1.807, 2.05) is 17.3 Å². The predicted molar refractivity (Wildman–Crippen MR) is 228 cm³/mol. The first-order valence-electron chi connectivity index (χ1n) is 19.1. The van der Waals surface area contributed by atoms with Crippen molar-refractivity contribution in [1.82, 2.24) is 9.55 Å². The molecule has 280 valence electrons. The normalized spacial score (nSPS) is 12.6. The zero-order valence-electron chi connectivity index (χ0n) is 31.5. The van der Waals surface area contributed by atoms with Crippen molar-refractivity contribution < 1.29 is 26.0 Å². The minimum atomic E-state index is -0.801. The Morgan fingerprint density at radius 2 is 1.19 bits per heavy atom. The average Bonchev–Trinajstić information content (AvgIpc) is 3.82. The monoisotopic (exact) mass is 918 g/mol. The maximum Gasteiger partial charge on any atom is 0.145 e. The Labute approximate surface area is 347 Å². The summed E-state index contributed by atoms with van der Waals surface area (Å²) >= 11 is 0. The van der Waals surface area contributed by atoms with Crippen LogP contribution in [0.25, 0.3) is 38.8 Å². The topological polar surface area (TPSA) is 37.1 Å². The Kier molecular flexibility index (Phi) is 9.58. The van der Waals surface area contributed by atoms with Crippen LogP contribution in [0.5, 0.6) is 0 Å². The molecule has 5 nitrogen and oxygen atoms in total. The molecule has 1 N–H and O–H groups in total. The van der Waals surface area contributed by atoms with Crippen molar-refractivity contribution in [3.05, 3.63) is 223 Å². The van der Waals surface area contributed by atoms with Gasteiger partial charge in [-0.25, -0.2) is 4.98 Å². The van der Waals surface area contributed by atoms with Crippen molar-refractivity contribution >= 4 is 38.9 Å². The molecule has 0 fully saturated rings. The number of hydrogen-bond acceptors (Lipinski definition) is 3. The van der Waals surface area contributed by atoms with Gasteiger partial charge in [-0.1, -0.05) is 127 Å². The minimum absolute atomic E-state index is 0. The van der Waals surface area contributed by atoms with Crippen LogP contribution >= 0.6 is 0 Å². The van der Waals surface area contributed by atoms with Crippen LogP contribution in [0.3, 0.4) is 0 Å². The van der Waals surface area contributed by atoms with Gasteiger partial charge in [0.15, 0.2) is 0 Å². The summed E-state index contributed by atoms with van der Waals surface area (Å²) in [4.78, 5) is 10.1. The number of nitrogens with zero attached hydrogens (tertiary/aromatic N) is 4. The number of anilines is 3. The summed E-state index contributed by atoms with van der Waals surface area (Å²) < 4.78 is 2.27. The Morgan fingerprint density at radius 3 is 1.91 bits per heavy atom. The number of para-hydroxylation sites is 3. The first-order valence-corrected chi connectivity index (χ1v) is 19.1.